The number of phenolic OH excluding ortho intramolecular Hbond substituents is 5. The third-order valence-electron chi connectivity index (χ3n) is 8.32. The van der Waals surface area contributed by atoms with Gasteiger partial charge in [0.15, 0.2) is 6.10 Å². The van der Waals surface area contributed by atoms with Crippen LogP contribution in [-0.2, 0) is 33.9 Å². The van der Waals surface area contributed by atoms with Crippen molar-refractivity contribution in [2.24, 2.45) is 0 Å². The normalized spacial score (nSPS) is 19.9. The molecule has 1 aliphatic heterocycles. The quantitative estimate of drug-likeness (QED) is 0.0573. The molecule has 0 saturated carbocycles. The van der Waals surface area contributed by atoms with E-state index in [0.29, 0.717) is 11.1 Å². The van der Waals surface area contributed by atoms with Gasteiger partial charge >= 0.3 is 11.9 Å². The van der Waals surface area contributed by atoms with Crippen LogP contribution in [0.5, 0.6) is 28.7 Å². The van der Waals surface area contributed by atoms with E-state index in [-0.39, 0.29) is 34.2 Å². The fraction of sp³-hybridized carbons (Fsp3) is 0.154. The smallest absolute Gasteiger partial charge is 0.365 e. The van der Waals surface area contributed by atoms with Crippen molar-refractivity contribution in [3.8, 4) is 40.1 Å². The molecule has 6 rings (SSSR count). The second-order valence-electron chi connectivity index (χ2n) is 12.1. The number of carbonyl (C=O) groups excluding carboxylic acids is 2. The van der Waals surface area contributed by atoms with E-state index in [9.17, 15) is 50.1 Å². The lowest BCUT2D eigenvalue weighted by atomic mass is 9.89. The monoisotopic (exact) mass is 756 g/mol. The summed E-state index contributed by atoms with van der Waals surface area (Å²) in [6.07, 6.45) is -4.41. The molecule has 0 radical (unpaired) electrons. The number of rotatable bonds is 11. The zero-order valence-electron chi connectivity index (χ0n) is 28.3. The minimum atomic E-state index is -2.00. The maximum atomic E-state index is 14.3. The minimum Gasteiger partial charge on any atom is -0.508 e. The van der Waals surface area contributed by atoms with Crippen molar-refractivity contribution in [1.82, 2.24) is 0 Å². The number of benzene rings is 4. The van der Waals surface area contributed by atoms with Gasteiger partial charge in [-0.25, -0.2) is 9.59 Å². The number of hydrogen-bond donors (Lipinski definition) is 7. The predicted molar refractivity (Wildman–Crippen MR) is 190 cm³/mol. The summed E-state index contributed by atoms with van der Waals surface area (Å²) in [6.45, 7) is -0.720. The summed E-state index contributed by atoms with van der Waals surface area (Å²) in [5.41, 5.74) is -0.428. The maximum Gasteiger partial charge on any atom is 0.365 e. The van der Waals surface area contributed by atoms with Gasteiger partial charge in [0.2, 0.25) is 5.43 Å². The van der Waals surface area contributed by atoms with Crippen LogP contribution in [0.25, 0.3) is 34.4 Å². The Morgan fingerprint density at radius 3 is 1.82 bits per heavy atom. The van der Waals surface area contributed by atoms with Crippen molar-refractivity contribution in [3.05, 3.63) is 124 Å². The van der Waals surface area contributed by atoms with Gasteiger partial charge in [-0.1, -0.05) is 24.3 Å². The number of aromatic hydroxyl groups is 5. The van der Waals surface area contributed by atoms with Crippen molar-refractivity contribution >= 4 is 35.1 Å². The fourth-order valence-electron chi connectivity index (χ4n) is 5.62. The molecule has 1 aliphatic rings. The highest BCUT2D eigenvalue weighted by Crippen LogP contribution is 2.41. The van der Waals surface area contributed by atoms with Gasteiger partial charge in [-0.05, 0) is 71.8 Å². The first kappa shape index (κ1) is 38.0. The molecule has 2 heterocycles. The summed E-state index contributed by atoms with van der Waals surface area (Å²) < 4.78 is 12.1. The van der Waals surface area contributed by atoms with E-state index < -0.39 is 76.9 Å². The summed E-state index contributed by atoms with van der Waals surface area (Å²) >= 11 is 0. The van der Waals surface area contributed by atoms with E-state index in [1.54, 1.807) is 0 Å². The van der Waals surface area contributed by atoms with Crippen molar-refractivity contribution in [1.29, 1.82) is 0 Å². The second-order valence-corrected chi connectivity index (χ2v) is 12.1. The average molecular weight is 757 g/mol. The standard InChI is InChI=1S/C39H32O16/c40-23-9-1-20(2-10-23)5-15-30(45)53-50-19-29-34(47)36(49)39(55-54-31(46)16-6-21-3-11-24(41)12-4-21)38(52-29)33-35(48)32-27(44)17-26(43)18-28(32)51-37(33)22-7-13-25(42)14-8-22/h1-18,29,34,36,38-44,47,49H,19H2/b15-5+,16-6+/t29-,34-,36+,38+,39-/m1/s1. The van der Waals surface area contributed by atoms with Gasteiger partial charge in [0.05, 0.1) is 5.56 Å². The lowest BCUT2D eigenvalue weighted by Gasteiger charge is -2.41. The van der Waals surface area contributed by atoms with Gasteiger partial charge in [0, 0.05) is 29.8 Å². The van der Waals surface area contributed by atoms with Crippen LogP contribution in [0.1, 0.15) is 22.8 Å². The Labute approximate surface area is 310 Å². The Bertz CT molecular complexity index is 2280. The summed E-state index contributed by atoms with van der Waals surface area (Å²) in [5, 5.41) is 71.8. The van der Waals surface area contributed by atoms with Crippen molar-refractivity contribution < 1.29 is 74.0 Å². The van der Waals surface area contributed by atoms with Crippen LogP contribution in [-0.4, -0.2) is 78.7 Å². The number of fused-ring (bicyclic) bond motifs is 1. The van der Waals surface area contributed by atoms with Gasteiger partial charge in [0.1, 0.15) is 76.5 Å². The van der Waals surface area contributed by atoms with Gasteiger partial charge in [-0.2, -0.15) is 9.78 Å². The molecule has 0 unspecified atom stereocenters. The largest absolute Gasteiger partial charge is 0.508 e. The van der Waals surface area contributed by atoms with Crippen molar-refractivity contribution in [2.75, 3.05) is 6.61 Å². The van der Waals surface area contributed by atoms with Gasteiger partial charge < -0.3 is 44.9 Å². The highest BCUT2D eigenvalue weighted by molar-refractivity contribution is 5.88. The van der Waals surface area contributed by atoms with Crippen LogP contribution in [0.2, 0.25) is 0 Å². The molecule has 4 aromatic carbocycles. The molecule has 284 valence electrons. The number of aliphatic hydroxyl groups excluding tert-OH is 2. The highest BCUT2D eigenvalue weighted by Gasteiger charge is 2.49. The lowest BCUT2D eigenvalue weighted by Crippen LogP contribution is -2.57. The minimum absolute atomic E-state index is 0.00164. The topological polar surface area (TPSA) is 252 Å². The van der Waals surface area contributed by atoms with Gasteiger partial charge in [-0.3, -0.25) is 14.6 Å². The van der Waals surface area contributed by atoms with E-state index in [4.69, 9.17) is 28.7 Å². The van der Waals surface area contributed by atoms with Crippen LogP contribution in [0, 0.1) is 0 Å². The third-order valence-corrected chi connectivity index (χ3v) is 8.32. The Kier molecular flexibility index (Phi) is 11.4. The fourth-order valence-corrected chi connectivity index (χ4v) is 5.62. The highest BCUT2D eigenvalue weighted by atomic mass is 17.2. The van der Waals surface area contributed by atoms with E-state index in [0.717, 1.165) is 24.3 Å². The summed E-state index contributed by atoms with van der Waals surface area (Å²) in [7, 11) is 0. The number of aliphatic hydroxyl groups is 2. The van der Waals surface area contributed by atoms with Gasteiger partial charge in [-0.15, -0.1) is 0 Å². The SMILES string of the molecule is O=C(/C=C/c1ccc(O)cc1)OOC[C@H]1O[C@@H](c2c(-c3ccc(O)cc3)oc3cc(O)cc(O)c3c2=O)[C@H](OOC(=O)/C=C/c2ccc(O)cc2)[C@@H](O)[C@@H]1O. The van der Waals surface area contributed by atoms with Gasteiger partial charge in [0.25, 0.3) is 0 Å². The van der Waals surface area contributed by atoms with Crippen LogP contribution >= 0.6 is 0 Å². The summed E-state index contributed by atoms with van der Waals surface area (Å²) in [4.78, 5) is 59.5. The first-order chi connectivity index (χ1) is 26.4. The first-order valence-corrected chi connectivity index (χ1v) is 16.4. The number of phenols is 5. The average Bonchev–Trinajstić information content (AvgIpc) is 3.15. The molecule has 1 saturated heterocycles. The zero-order valence-corrected chi connectivity index (χ0v) is 28.3. The molecular weight excluding hydrogens is 724 g/mol. The Morgan fingerprint density at radius 1 is 0.691 bits per heavy atom. The van der Waals surface area contributed by atoms with E-state index in [1.807, 2.05) is 0 Å². The molecule has 1 aromatic heterocycles. The molecule has 5 atom stereocenters. The lowest BCUT2D eigenvalue weighted by molar-refractivity contribution is -0.364. The number of hydrogen-bond acceptors (Lipinski definition) is 16. The summed E-state index contributed by atoms with van der Waals surface area (Å²) in [5.74, 6) is -3.58. The molecular formula is C39H32O16. The van der Waals surface area contributed by atoms with Crippen LogP contribution in [0.4, 0.5) is 0 Å². The molecule has 1 fully saturated rings. The van der Waals surface area contributed by atoms with E-state index in [2.05, 4.69) is 0 Å². The molecule has 0 aliphatic carbocycles. The second kappa shape index (κ2) is 16.5. The molecule has 5 aromatic rings. The molecule has 55 heavy (non-hydrogen) atoms. The van der Waals surface area contributed by atoms with Crippen LogP contribution < -0.4 is 5.43 Å². The molecule has 16 heteroatoms. The Hall–Kier alpha value is -6.69. The van der Waals surface area contributed by atoms with E-state index >= 15 is 0 Å². The predicted octanol–water partition coefficient (Wildman–Crippen LogP) is 3.89. The van der Waals surface area contributed by atoms with Crippen molar-refractivity contribution in [2.45, 2.75) is 30.5 Å². The van der Waals surface area contributed by atoms with Crippen molar-refractivity contribution in [3.63, 3.8) is 0 Å². The zero-order chi connectivity index (χ0) is 39.2. The molecule has 0 bridgehead atoms. The molecule has 16 nitrogen and oxygen atoms in total. The molecule has 7 N–H and O–H groups in total. The van der Waals surface area contributed by atoms with Crippen LogP contribution in [0.15, 0.2) is 106 Å². The first-order valence-electron chi connectivity index (χ1n) is 16.4. The maximum absolute atomic E-state index is 14.3. The molecule has 0 amide bonds. The van der Waals surface area contributed by atoms with Crippen LogP contribution in [0.3, 0.4) is 0 Å². The summed E-state index contributed by atoms with van der Waals surface area (Å²) in [6, 6.07) is 18.9. The number of ether oxygens (including phenoxy) is 1. The Morgan fingerprint density at radius 2 is 1.24 bits per heavy atom. The van der Waals surface area contributed by atoms with E-state index in [1.165, 1.54) is 84.9 Å². The number of carbonyl (C=O) groups is 2. The third kappa shape index (κ3) is 8.93. The Balaban J connectivity index is 1.33. The molecule has 0 spiro atoms.